The third kappa shape index (κ3) is 4.43. The van der Waals surface area contributed by atoms with Crippen LogP contribution in [-0.4, -0.2) is 29.2 Å². The molecule has 0 bridgehead atoms. The second kappa shape index (κ2) is 8.84. The van der Waals surface area contributed by atoms with Crippen LogP contribution in [0.15, 0.2) is 78.2 Å². The zero-order valence-electron chi connectivity index (χ0n) is 16.3. The van der Waals surface area contributed by atoms with E-state index >= 15 is 0 Å². The van der Waals surface area contributed by atoms with Gasteiger partial charge < -0.3 is 14.5 Å². The molecule has 0 aliphatic rings. The standard InChI is InChI=1S/C23H21N3O2S/c1-27-19-9-5-17(6-10-19)21-22(18-7-11-20(28-2)12-8-18)26-23(25-21)29-15-16-4-3-13-24-14-16/h3-14H,15H2,1-2H3,(H,25,26). The molecule has 4 aromatic rings. The van der Waals surface area contributed by atoms with E-state index in [1.807, 2.05) is 60.8 Å². The molecule has 1 N–H and O–H groups in total. The Morgan fingerprint density at radius 3 is 2.10 bits per heavy atom. The van der Waals surface area contributed by atoms with Crippen LogP contribution in [0.5, 0.6) is 11.5 Å². The smallest absolute Gasteiger partial charge is 0.166 e. The van der Waals surface area contributed by atoms with Gasteiger partial charge in [0.05, 0.1) is 25.6 Å². The van der Waals surface area contributed by atoms with Gasteiger partial charge in [-0.05, 0) is 60.2 Å². The van der Waals surface area contributed by atoms with Crippen LogP contribution in [0.2, 0.25) is 0 Å². The van der Waals surface area contributed by atoms with E-state index in [9.17, 15) is 0 Å². The van der Waals surface area contributed by atoms with Crippen LogP contribution < -0.4 is 9.47 Å². The first-order chi connectivity index (χ1) is 14.3. The third-order valence-electron chi connectivity index (χ3n) is 4.52. The Bertz CT molecular complexity index is 997. The van der Waals surface area contributed by atoms with Gasteiger partial charge in [0.25, 0.3) is 0 Å². The number of hydrogen-bond donors (Lipinski definition) is 1. The van der Waals surface area contributed by atoms with E-state index in [2.05, 4.69) is 16.0 Å². The second-order valence-electron chi connectivity index (χ2n) is 6.37. The quantitative estimate of drug-likeness (QED) is 0.416. The molecule has 146 valence electrons. The summed E-state index contributed by atoms with van der Waals surface area (Å²) in [7, 11) is 3.33. The van der Waals surface area contributed by atoms with Crippen LogP contribution in [0.3, 0.4) is 0 Å². The molecule has 0 aliphatic heterocycles. The molecule has 5 nitrogen and oxygen atoms in total. The van der Waals surface area contributed by atoms with Gasteiger partial charge in [0, 0.05) is 29.3 Å². The van der Waals surface area contributed by atoms with Gasteiger partial charge in [-0.3, -0.25) is 4.98 Å². The molecule has 0 radical (unpaired) electrons. The second-order valence-corrected chi connectivity index (χ2v) is 7.34. The average Bonchev–Trinajstić information content (AvgIpc) is 3.23. The van der Waals surface area contributed by atoms with E-state index in [1.54, 1.807) is 32.2 Å². The van der Waals surface area contributed by atoms with Crippen molar-refractivity contribution in [1.82, 2.24) is 15.0 Å². The Balaban J connectivity index is 1.68. The number of nitrogens with zero attached hydrogens (tertiary/aromatic N) is 2. The van der Waals surface area contributed by atoms with Crippen molar-refractivity contribution in [2.24, 2.45) is 0 Å². The molecule has 2 heterocycles. The van der Waals surface area contributed by atoms with Crippen LogP contribution in [-0.2, 0) is 5.75 Å². The van der Waals surface area contributed by atoms with Crippen molar-refractivity contribution in [2.75, 3.05) is 14.2 Å². The van der Waals surface area contributed by atoms with Crippen LogP contribution >= 0.6 is 11.8 Å². The number of thioether (sulfide) groups is 1. The molecule has 0 aliphatic carbocycles. The molecular formula is C23H21N3O2S. The largest absolute Gasteiger partial charge is 0.497 e. The fourth-order valence-electron chi connectivity index (χ4n) is 2.98. The Labute approximate surface area is 174 Å². The predicted molar refractivity (Wildman–Crippen MR) is 116 cm³/mol. The number of nitrogens with one attached hydrogen (secondary N) is 1. The van der Waals surface area contributed by atoms with Crippen molar-refractivity contribution in [1.29, 1.82) is 0 Å². The molecule has 29 heavy (non-hydrogen) atoms. The lowest BCUT2D eigenvalue weighted by molar-refractivity contribution is 0.414. The maximum absolute atomic E-state index is 5.29. The first-order valence-electron chi connectivity index (χ1n) is 9.17. The lowest BCUT2D eigenvalue weighted by atomic mass is 10.0. The summed E-state index contributed by atoms with van der Waals surface area (Å²) < 4.78 is 10.6. The fraction of sp³-hybridized carbons (Fsp3) is 0.130. The van der Waals surface area contributed by atoms with Crippen molar-refractivity contribution in [3.63, 3.8) is 0 Å². The number of aromatic amines is 1. The van der Waals surface area contributed by atoms with Gasteiger partial charge in [0.1, 0.15) is 11.5 Å². The summed E-state index contributed by atoms with van der Waals surface area (Å²) in [6.45, 7) is 0. The van der Waals surface area contributed by atoms with Gasteiger partial charge in [0.15, 0.2) is 5.16 Å². The summed E-state index contributed by atoms with van der Waals surface area (Å²) in [5.74, 6) is 2.44. The molecule has 4 rings (SSSR count). The van der Waals surface area contributed by atoms with Crippen molar-refractivity contribution >= 4 is 11.8 Å². The molecule has 0 spiro atoms. The van der Waals surface area contributed by atoms with Crippen molar-refractivity contribution < 1.29 is 9.47 Å². The highest BCUT2D eigenvalue weighted by Gasteiger charge is 2.15. The number of pyridine rings is 1. The van der Waals surface area contributed by atoms with E-state index in [4.69, 9.17) is 14.5 Å². The number of rotatable bonds is 7. The van der Waals surface area contributed by atoms with E-state index in [0.717, 1.165) is 50.5 Å². The van der Waals surface area contributed by atoms with Gasteiger partial charge in [-0.15, -0.1) is 0 Å². The summed E-state index contributed by atoms with van der Waals surface area (Å²) >= 11 is 1.66. The van der Waals surface area contributed by atoms with Crippen molar-refractivity contribution in [2.45, 2.75) is 10.9 Å². The maximum Gasteiger partial charge on any atom is 0.166 e. The zero-order chi connectivity index (χ0) is 20.1. The Morgan fingerprint density at radius 2 is 1.52 bits per heavy atom. The summed E-state index contributed by atoms with van der Waals surface area (Å²) in [6, 6.07) is 19.9. The number of hydrogen-bond acceptors (Lipinski definition) is 5. The average molecular weight is 404 g/mol. The molecule has 0 unspecified atom stereocenters. The normalized spacial score (nSPS) is 10.7. The van der Waals surface area contributed by atoms with E-state index in [-0.39, 0.29) is 0 Å². The van der Waals surface area contributed by atoms with Gasteiger partial charge in [-0.25, -0.2) is 4.98 Å². The van der Waals surface area contributed by atoms with E-state index in [1.165, 1.54) is 0 Å². The Morgan fingerprint density at radius 1 is 0.862 bits per heavy atom. The first-order valence-corrected chi connectivity index (χ1v) is 10.2. The molecule has 0 saturated carbocycles. The highest BCUT2D eigenvalue weighted by molar-refractivity contribution is 7.98. The molecule has 6 heteroatoms. The highest BCUT2D eigenvalue weighted by atomic mass is 32.2. The predicted octanol–water partition coefficient (Wildman–Crippen LogP) is 5.45. The molecule has 0 fully saturated rings. The van der Waals surface area contributed by atoms with Crippen LogP contribution in [0.4, 0.5) is 0 Å². The number of methoxy groups -OCH3 is 2. The van der Waals surface area contributed by atoms with Gasteiger partial charge in [-0.1, -0.05) is 17.8 Å². The summed E-state index contributed by atoms with van der Waals surface area (Å²) in [4.78, 5) is 12.6. The Hall–Kier alpha value is -3.25. The maximum atomic E-state index is 5.29. The minimum Gasteiger partial charge on any atom is -0.497 e. The molecule has 0 saturated heterocycles. The summed E-state index contributed by atoms with van der Waals surface area (Å²) in [6.07, 6.45) is 3.66. The van der Waals surface area contributed by atoms with Gasteiger partial charge in [0.2, 0.25) is 0 Å². The van der Waals surface area contributed by atoms with Crippen molar-refractivity contribution in [3.8, 4) is 34.0 Å². The molecule has 2 aromatic heterocycles. The zero-order valence-corrected chi connectivity index (χ0v) is 17.1. The topological polar surface area (TPSA) is 60.0 Å². The monoisotopic (exact) mass is 403 g/mol. The minimum absolute atomic E-state index is 0.797. The van der Waals surface area contributed by atoms with Gasteiger partial charge >= 0.3 is 0 Å². The number of benzene rings is 2. The van der Waals surface area contributed by atoms with Gasteiger partial charge in [-0.2, -0.15) is 0 Å². The van der Waals surface area contributed by atoms with Crippen LogP contribution in [0.25, 0.3) is 22.5 Å². The van der Waals surface area contributed by atoms with E-state index in [0.29, 0.717) is 0 Å². The highest BCUT2D eigenvalue weighted by Crippen LogP contribution is 2.34. The molecule has 0 amide bonds. The lowest BCUT2D eigenvalue weighted by Crippen LogP contribution is -1.87. The third-order valence-corrected chi connectivity index (χ3v) is 5.47. The number of H-pyrrole nitrogens is 1. The van der Waals surface area contributed by atoms with Crippen molar-refractivity contribution in [3.05, 3.63) is 78.6 Å². The Kier molecular flexibility index (Phi) is 5.81. The minimum atomic E-state index is 0.797. The fourth-order valence-corrected chi connectivity index (χ4v) is 3.78. The van der Waals surface area contributed by atoms with Crippen LogP contribution in [0.1, 0.15) is 5.56 Å². The summed E-state index contributed by atoms with van der Waals surface area (Å²) in [5.41, 5.74) is 5.13. The number of aromatic nitrogens is 3. The molecule has 2 aromatic carbocycles. The number of imidazole rings is 1. The van der Waals surface area contributed by atoms with Crippen LogP contribution in [0, 0.1) is 0 Å². The molecular weight excluding hydrogens is 382 g/mol. The summed E-state index contributed by atoms with van der Waals surface area (Å²) in [5, 5.41) is 0.866. The first kappa shape index (κ1) is 19.1. The molecule has 0 atom stereocenters. The SMILES string of the molecule is COc1ccc(-c2nc(SCc3cccnc3)[nH]c2-c2ccc(OC)cc2)cc1. The number of ether oxygens (including phenoxy) is 2. The lowest BCUT2D eigenvalue weighted by Gasteiger charge is -2.06. The van der Waals surface area contributed by atoms with E-state index < -0.39 is 0 Å².